The molecule has 0 heterocycles. The van der Waals surface area contributed by atoms with Crippen molar-refractivity contribution in [3.63, 3.8) is 0 Å². The van der Waals surface area contributed by atoms with Crippen molar-refractivity contribution in [2.24, 2.45) is 0 Å². The van der Waals surface area contributed by atoms with Gasteiger partial charge in [0.05, 0.1) is 7.11 Å². The first-order valence-corrected chi connectivity index (χ1v) is 6.58. The van der Waals surface area contributed by atoms with Crippen LogP contribution >= 0.6 is 15.9 Å². The van der Waals surface area contributed by atoms with E-state index in [4.69, 9.17) is 10.5 Å². The summed E-state index contributed by atoms with van der Waals surface area (Å²) < 4.78 is 31.9. The Bertz CT molecular complexity index is 620. The maximum absolute atomic E-state index is 13.0. The number of methoxy groups -OCH3 is 1. The van der Waals surface area contributed by atoms with Gasteiger partial charge in [-0.25, -0.2) is 8.78 Å². The fraction of sp³-hybridized carbons (Fsp3) is 0.143. The Morgan fingerprint density at radius 2 is 1.95 bits per heavy atom. The molecule has 2 aromatic rings. The van der Waals surface area contributed by atoms with E-state index >= 15 is 0 Å². The molecule has 0 fully saturated rings. The van der Waals surface area contributed by atoms with Crippen molar-refractivity contribution >= 4 is 33.0 Å². The van der Waals surface area contributed by atoms with Crippen molar-refractivity contribution in [3.8, 4) is 5.75 Å². The Hall–Kier alpha value is -1.82. The molecule has 2 rings (SSSR count). The van der Waals surface area contributed by atoms with Crippen molar-refractivity contribution in [3.05, 3.63) is 46.4 Å². The van der Waals surface area contributed by atoms with Gasteiger partial charge in [0.25, 0.3) is 6.43 Å². The largest absolute Gasteiger partial charge is 0.497 e. The Labute approximate surface area is 123 Å². The molecular formula is C14H13BrF2N2O. The monoisotopic (exact) mass is 342 g/mol. The van der Waals surface area contributed by atoms with Gasteiger partial charge in [0.1, 0.15) is 5.75 Å². The molecule has 0 saturated carbocycles. The second-order valence-corrected chi connectivity index (χ2v) is 5.07. The smallest absolute Gasteiger partial charge is 0.265 e. The highest BCUT2D eigenvalue weighted by Crippen LogP contribution is 2.33. The summed E-state index contributed by atoms with van der Waals surface area (Å²) in [6.45, 7) is 0. The van der Waals surface area contributed by atoms with Crippen LogP contribution in [0.5, 0.6) is 5.75 Å². The second kappa shape index (κ2) is 6.09. The average Bonchev–Trinajstić information content (AvgIpc) is 2.40. The molecule has 0 aliphatic heterocycles. The van der Waals surface area contributed by atoms with Crippen molar-refractivity contribution in [1.29, 1.82) is 0 Å². The predicted octanol–water partition coefficient (Wildman–Crippen LogP) is 4.72. The zero-order valence-electron chi connectivity index (χ0n) is 10.7. The molecule has 0 bridgehead atoms. The number of anilines is 3. The molecular weight excluding hydrogens is 330 g/mol. The van der Waals surface area contributed by atoms with E-state index in [1.807, 2.05) is 0 Å². The summed E-state index contributed by atoms with van der Waals surface area (Å²) in [5, 5.41) is 2.95. The SMILES string of the molecule is COc1cc(Br)cc(Nc2ccc(N)cc2C(F)F)c1. The van der Waals surface area contributed by atoms with E-state index in [1.165, 1.54) is 12.1 Å². The minimum Gasteiger partial charge on any atom is -0.497 e. The molecule has 0 radical (unpaired) electrons. The summed E-state index contributed by atoms with van der Waals surface area (Å²) in [5.41, 5.74) is 6.66. The van der Waals surface area contributed by atoms with Crippen LogP contribution in [-0.2, 0) is 0 Å². The number of nitrogens with one attached hydrogen (secondary N) is 1. The minimum atomic E-state index is -2.60. The number of rotatable bonds is 4. The van der Waals surface area contributed by atoms with Gasteiger partial charge in [0.2, 0.25) is 0 Å². The van der Waals surface area contributed by atoms with Crippen LogP contribution in [0.2, 0.25) is 0 Å². The van der Waals surface area contributed by atoms with Gasteiger partial charge in [-0.1, -0.05) is 15.9 Å². The molecule has 6 heteroatoms. The number of nitrogen functional groups attached to an aromatic ring is 1. The molecule has 0 aromatic heterocycles. The normalized spacial score (nSPS) is 10.7. The number of alkyl halides is 2. The van der Waals surface area contributed by atoms with Gasteiger partial charge in [0, 0.05) is 33.2 Å². The van der Waals surface area contributed by atoms with Gasteiger partial charge in [-0.05, 0) is 30.3 Å². The summed E-state index contributed by atoms with van der Waals surface area (Å²) in [5.74, 6) is 0.621. The molecule has 2 aromatic carbocycles. The van der Waals surface area contributed by atoms with Crippen LogP contribution in [0, 0.1) is 0 Å². The van der Waals surface area contributed by atoms with Crippen LogP contribution in [0.4, 0.5) is 25.8 Å². The highest BCUT2D eigenvalue weighted by Gasteiger charge is 2.14. The third kappa shape index (κ3) is 3.39. The molecule has 0 atom stereocenters. The lowest BCUT2D eigenvalue weighted by atomic mass is 10.1. The van der Waals surface area contributed by atoms with E-state index in [9.17, 15) is 8.78 Å². The van der Waals surface area contributed by atoms with E-state index in [-0.39, 0.29) is 5.56 Å². The number of halogens is 3. The second-order valence-electron chi connectivity index (χ2n) is 4.15. The van der Waals surface area contributed by atoms with Crippen molar-refractivity contribution in [2.75, 3.05) is 18.2 Å². The summed E-state index contributed by atoms with van der Waals surface area (Å²) in [6.07, 6.45) is -2.60. The Balaban J connectivity index is 2.37. The van der Waals surface area contributed by atoms with Gasteiger partial charge in [-0.2, -0.15) is 0 Å². The Kier molecular flexibility index (Phi) is 4.44. The topological polar surface area (TPSA) is 47.3 Å². The van der Waals surface area contributed by atoms with Crippen LogP contribution in [-0.4, -0.2) is 7.11 Å². The molecule has 0 saturated heterocycles. The molecule has 0 aliphatic carbocycles. The Morgan fingerprint density at radius 1 is 1.20 bits per heavy atom. The quantitative estimate of drug-likeness (QED) is 0.790. The fourth-order valence-corrected chi connectivity index (χ4v) is 2.26. The molecule has 3 N–H and O–H groups in total. The number of hydrogen-bond acceptors (Lipinski definition) is 3. The molecule has 0 aliphatic rings. The molecule has 0 spiro atoms. The van der Waals surface area contributed by atoms with Crippen molar-refractivity contribution < 1.29 is 13.5 Å². The van der Waals surface area contributed by atoms with E-state index in [0.29, 0.717) is 22.8 Å². The first-order valence-electron chi connectivity index (χ1n) is 5.79. The Morgan fingerprint density at radius 3 is 2.60 bits per heavy atom. The summed E-state index contributed by atoms with van der Waals surface area (Å²) in [6, 6.07) is 9.64. The van der Waals surface area contributed by atoms with Gasteiger partial charge < -0.3 is 15.8 Å². The molecule has 20 heavy (non-hydrogen) atoms. The third-order valence-corrected chi connectivity index (χ3v) is 3.15. The van der Waals surface area contributed by atoms with E-state index in [1.54, 1.807) is 31.4 Å². The number of nitrogens with two attached hydrogens (primary N) is 1. The molecule has 3 nitrogen and oxygen atoms in total. The average molecular weight is 343 g/mol. The van der Waals surface area contributed by atoms with Crippen LogP contribution in [0.3, 0.4) is 0 Å². The first-order chi connectivity index (χ1) is 9.49. The zero-order chi connectivity index (χ0) is 14.7. The molecule has 106 valence electrons. The zero-order valence-corrected chi connectivity index (χ0v) is 12.2. The predicted molar refractivity (Wildman–Crippen MR) is 79.8 cm³/mol. The first kappa shape index (κ1) is 14.6. The number of benzene rings is 2. The van der Waals surface area contributed by atoms with Crippen LogP contribution in [0.15, 0.2) is 40.9 Å². The van der Waals surface area contributed by atoms with Crippen LogP contribution < -0.4 is 15.8 Å². The molecule has 0 unspecified atom stereocenters. The maximum atomic E-state index is 13.0. The van der Waals surface area contributed by atoms with Gasteiger partial charge in [-0.15, -0.1) is 0 Å². The van der Waals surface area contributed by atoms with E-state index in [0.717, 1.165) is 4.47 Å². The van der Waals surface area contributed by atoms with Crippen molar-refractivity contribution in [2.45, 2.75) is 6.43 Å². The highest BCUT2D eigenvalue weighted by molar-refractivity contribution is 9.10. The van der Waals surface area contributed by atoms with Crippen LogP contribution in [0.25, 0.3) is 0 Å². The van der Waals surface area contributed by atoms with Crippen molar-refractivity contribution in [1.82, 2.24) is 0 Å². The third-order valence-electron chi connectivity index (χ3n) is 2.70. The van der Waals surface area contributed by atoms with E-state index < -0.39 is 6.43 Å². The van der Waals surface area contributed by atoms with Gasteiger partial charge >= 0.3 is 0 Å². The van der Waals surface area contributed by atoms with Gasteiger partial charge in [-0.3, -0.25) is 0 Å². The highest BCUT2D eigenvalue weighted by atomic mass is 79.9. The van der Waals surface area contributed by atoms with Gasteiger partial charge in [0.15, 0.2) is 0 Å². The standard InChI is InChI=1S/C14H13BrF2N2O/c1-20-11-5-8(15)4-10(7-11)19-13-3-2-9(18)6-12(13)14(16)17/h2-7,14,19H,18H2,1H3. The lowest BCUT2D eigenvalue weighted by Crippen LogP contribution is -1.99. The van der Waals surface area contributed by atoms with Crippen LogP contribution in [0.1, 0.15) is 12.0 Å². The lowest BCUT2D eigenvalue weighted by Gasteiger charge is -2.13. The maximum Gasteiger partial charge on any atom is 0.265 e. The van der Waals surface area contributed by atoms with E-state index in [2.05, 4.69) is 21.2 Å². The molecule has 0 amide bonds. The lowest BCUT2D eigenvalue weighted by molar-refractivity contribution is 0.152. The number of hydrogen-bond donors (Lipinski definition) is 2. The fourth-order valence-electron chi connectivity index (χ4n) is 1.78. The summed E-state index contributed by atoms with van der Waals surface area (Å²) in [4.78, 5) is 0. The summed E-state index contributed by atoms with van der Waals surface area (Å²) >= 11 is 3.34. The minimum absolute atomic E-state index is 0.135. The summed E-state index contributed by atoms with van der Waals surface area (Å²) in [7, 11) is 1.54. The number of ether oxygens (including phenoxy) is 1.